The van der Waals surface area contributed by atoms with Crippen molar-refractivity contribution in [2.45, 2.75) is 13.0 Å². The molecule has 2 aromatic rings. The van der Waals surface area contributed by atoms with Crippen LogP contribution in [-0.4, -0.2) is 56.1 Å². The van der Waals surface area contributed by atoms with Crippen LogP contribution in [0, 0.1) is 0 Å². The van der Waals surface area contributed by atoms with Crippen LogP contribution in [0.1, 0.15) is 18.5 Å². The van der Waals surface area contributed by atoms with Gasteiger partial charge in [-0.15, -0.1) is 0 Å². The highest BCUT2D eigenvalue weighted by atomic mass is 35.5. The summed E-state index contributed by atoms with van der Waals surface area (Å²) < 4.78 is 0. The van der Waals surface area contributed by atoms with E-state index in [0.29, 0.717) is 5.02 Å². The fourth-order valence-electron chi connectivity index (χ4n) is 3.17. The summed E-state index contributed by atoms with van der Waals surface area (Å²) >= 11 is 5.94. The summed E-state index contributed by atoms with van der Waals surface area (Å²) in [4.78, 5) is 19.0. The zero-order valence-electron chi connectivity index (χ0n) is 16.2. The Morgan fingerprint density at radius 1 is 1.04 bits per heavy atom. The molecule has 0 aliphatic carbocycles. The number of rotatable bonds is 4. The largest absolute Gasteiger partial charge is 0.369 e. The van der Waals surface area contributed by atoms with Crippen LogP contribution in [0.15, 0.2) is 48.5 Å². The van der Waals surface area contributed by atoms with E-state index >= 15 is 0 Å². The third-order valence-electron chi connectivity index (χ3n) is 5.24. The minimum Gasteiger partial charge on any atom is -0.369 e. The van der Waals surface area contributed by atoms with Crippen LogP contribution in [0.4, 0.5) is 16.2 Å². The van der Waals surface area contributed by atoms with Crippen LogP contribution in [0.5, 0.6) is 0 Å². The first-order valence-electron chi connectivity index (χ1n) is 9.27. The van der Waals surface area contributed by atoms with Gasteiger partial charge in [-0.25, -0.2) is 4.79 Å². The van der Waals surface area contributed by atoms with E-state index in [1.165, 1.54) is 5.69 Å². The van der Waals surface area contributed by atoms with Crippen molar-refractivity contribution in [3.05, 3.63) is 59.1 Å². The maximum Gasteiger partial charge on any atom is 0.322 e. The van der Waals surface area contributed by atoms with Crippen molar-refractivity contribution in [1.82, 2.24) is 9.80 Å². The lowest BCUT2D eigenvalue weighted by Gasteiger charge is -2.34. The smallest absolute Gasteiger partial charge is 0.322 e. The number of halogens is 1. The summed E-state index contributed by atoms with van der Waals surface area (Å²) in [7, 11) is 3.95. The van der Waals surface area contributed by atoms with E-state index in [9.17, 15) is 4.79 Å². The van der Waals surface area contributed by atoms with E-state index < -0.39 is 0 Å². The molecule has 5 nitrogen and oxygen atoms in total. The molecular weight excluding hydrogens is 360 g/mol. The second-order valence-corrected chi connectivity index (χ2v) is 7.54. The highest BCUT2D eigenvalue weighted by Crippen LogP contribution is 2.23. The molecule has 1 saturated heterocycles. The van der Waals surface area contributed by atoms with Crippen molar-refractivity contribution >= 4 is 29.0 Å². The summed E-state index contributed by atoms with van der Waals surface area (Å²) in [6.45, 7) is 6.21. The Kier molecular flexibility index (Phi) is 6.24. The predicted octanol–water partition coefficient (Wildman–Crippen LogP) is 4.32. The molecule has 1 aliphatic rings. The van der Waals surface area contributed by atoms with Crippen LogP contribution < -0.4 is 10.2 Å². The van der Waals surface area contributed by atoms with Crippen LogP contribution in [0.3, 0.4) is 0 Å². The molecule has 1 heterocycles. The molecule has 27 heavy (non-hydrogen) atoms. The molecule has 0 bridgehead atoms. The Bertz CT molecular complexity index is 755. The minimum atomic E-state index is -0.134. The molecule has 3 rings (SSSR count). The van der Waals surface area contributed by atoms with E-state index in [2.05, 4.69) is 34.3 Å². The molecule has 144 valence electrons. The predicted molar refractivity (Wildman–Crippen MR) is 113 cm³/mol. The van der Waals surface area contributed by atoms with E-state index in [0.717, 1.165) is 37.4 Å². The number of piperazine rings is 1. The molecular formula is C21H27ClN4O. The van der Waals surface area contributed by atoms with Crippen molar-refractivity contribution in [3.8, 4) is 0 Å². The Labute approximate surface area is 166 Å². The van der Waals surface area contributed by atoms with Gasteiger partial charge in [0.05, 0.1) is 6.04 Å². The molecule has 0 spiro atoms. The number of carbonyl (C=O) groups excluding carboxylic acids is 1. The molecule has 0 saturated carbocycles. The minimum absolute atomic E-state index is 0.0492. The summed E-state index contributed by atoms with van der Waals surface area (Å²) in [5.41, 5.74) is 3.04. The van der Waals surface area contributed by atoms with Gasteiger partial charge in [-0.2, -0.15) is 0 Å². The standard InChI is InChI=1S/C21H27ClN4O/c1-16(17-4-6-18(22)7-5-17)25(3)21(27)23-19-8-10-20(11-9-19)26-14-12-24(2)13-15-26/h4-11,16H,12-15H2,1-3H3,(H,23,27)/t16-/m0/s1. The number of amides is 2. The highest BCUT2D eigenvalue weighted by Gasteiger charge is 2.18. The molecule has 6 heteroatoms. The average molecular weight is 387 g/mol. The zero-order valence-corrected chi connectivity index (χ0v) is 16.9. The number of nitrogens with one attached hydrogen (secondary N) is 1. The third-order valence-corrected chi connectivity index (χ3v) is 5.49. The van der Waals surface area contributed by atoms with E-state index in [-0.39, 0.29) is 12.1 Å². The van der Waals surface area contributed by atoms with Gasteiger partial charge in [0, 0.05) is 49.6 Å². The van der Waals surface area contributed by atoms with Gasteiger partial charge in [0.1, 0.15) is 0 Å². The van der Waals surface area contributed by atoms with Gasteiger partial charge in [-0.05, 0) is 55.9 Å². The topological polar surface area (TPSA) is 38.8 Å². The Morgan fingerprint density at radius 2 is 1.63 bits per heavy atom. The fourth-order valence-corrected chi connectivity index (χ4v) is 3.30. The van der Waals surface area contributed by atoms with Crippen molar-refractivity contribution in [1.29, 1.82) is 0 Å². The van der Waals surface area contributed by atoms with Gasteiger partial charge in [-0.3, -0.25) is 0 Å². The number of hydrogen-bond donors (Lipinski definition) is 1. The van der Waals surface area contributed by atoms with Crippen LogP contribution in [0.2, 0.25) is 5.02 Å². The second kappa shape index (κ2) is 8.63. The van der Waals surface area contributed by atoms with Crippen LogP contribution >= 0.6 is 11.6 Å². The number of benzene rings is 2. The zero-order chi connectivity index (χ0) is 19.4. The lowest BCUT2D eigenvalue weighted by Crippen LogP contribution is -2.44. The molecule has 2 amide bonds. The quantitative estimate of drug-likeness (QED) is 0.850. The first kappa shape index (κ1) is 19.5. The number of anilines is 2. The number of carbonyl (C=O) groups is 1. The van der Waals surface area contributed by atoms with E-state index in [1.807, 2.05) is 43.3 Å². The Balaban J connectivity index is 1.59. The van der Waals surface area contributed by atoms with Crippen molar-refractivity contribution in [2.75, 3.05) is 50.5 Å². The first-order valence-corrected chi connectivity index (χ1v) is 9.64. The molecule has 1 atom stereocenters. The number of hydrogen-bond acceptors (Lipinski definition) is 3. The Morgan fingerprint density at radius 3 is 2.22 bits per heavy atom. The maximum atomic E-state index is 12.6. The van der Waals surface area contributed by atoms with Gasteiger partial charge < -0.3 is 20.0 Å². The summed E-state index contributed by atoms with van der Waals surface area (Å²) in [6, 6.07) is 15.5. The SMILES string of the molecule is C[C@@H](c1ccc(Cl)cc1)N(C)C(=O)Nc1ccc(N2CCN(C)CC2)cc1. The van der Waals surface area contributed by atoms with Crippen LogP contribution in [0.25, 0.3) is 0 Å². The number of likely N-dealkylation sites (N-methyl/N-ethyl adjacent to an activating group) is 1. The summed E-state index contributed by atoms with van der Waals surface area (Å²) in [5.74, 6) is 0. The maximum absolute atomic E-state index is 12.6. The highest BCUT2D eigenvalue weighted by molar-refractivity contribution is 6.30. The molecule has 1 fully saturated rings. The average Bonchev–Trinajstić information content (AvgIpc) is 2.68. The van der Waals surface area contributed by atoms with Gasteiger partial charge in [0.25, 0.3) is 0 Å². The Hall–Kier alpha value is -2.24. The number of nitrogens with zero attached hydrogens (tertiary/aromatic N) is 3. The van der Waals surface area contributed by atoms with Crippen molar-refractivity contribution in [3.63, 3.8) is 0 Å². The first-order chi connectivity index (χ1) is 12.9. The van der Waals surface area contributed by atoms with E-state index in [1.54, 1.807) is 11.9 Å². The number of urea groups is 1. The molecule has 2 aromatic carbocycles. The molecule has 1 aliphatic heterocycles. The molecule has 0 radical (unpaired) electrons. The lowest BCUT2D eigenvalue weighted by atomic mass is 10.1. The second-order valence-electron chi connectivity index (χ2n) is 7.11. The monoisotopic (exact) mass is 386 g/mol. The van der Waals surface area contributed by atoms with Gasteiger partial charge in [0.2, 0.25) is 0 Å². The fraction of sp³-hybridized carbons (Fsp3) is 0.381. The summed E-state index contributed by atoms with van der Waals surface area (Å²) in [6.07, 6.45) is 0. The molecule has 1 N–H and O–H groups in total. The normalized spacial score (nSPS) is 16.1. The molecule has 0 aromatic heterocycles. The van der Waals surface area contributed by atoms with Gasteiger partial charge >= 0.3 is 6.03 Å². The molecule has 0 unspecified atom stereocenters. The third kappa shape index (κ3) is 4.93. The van der Waals surface area contributed by atoms with Crippen LogP contribution in [-0.2, 0) is 0 Å². The van der Waals surface area contributed by atoms with Gasteiger partial charge in [-0.1, -0.05) is 23.7 Å². The summed E-state index contributed by atoms with van der Waals surface area (Å²) in [5, 5.41) is 3.67. The van der Waals surface area contributed by atoms with Crippen molar-refractivity contribution < 1.29 is 4.79 Å². The van der Waals surface area contributed by atoms with E-state index in [4.69, 9.17) is 11.6 Å². The van der Waals surface area contributed by atoms with Crippen molar-refractivity contribution in [2.24, 2.45) is 0 Å². The lowest BCUT2D eigenvalue weighted by molar-refractivity contribution is 0.208. The van der Waals surface area contributed by atoms with Gasteiger partial charge in [0.15, 0.2) is 0 Å².